The SMILES string of the molecule is Cc1cc(C=C(F)F)cc(C)c1-c1cc(C(CC(=O)O)NC(=O)[C@@H](CC(C)C)n2cc(CCN(C)C)c(C(F)(F)F)cc2=O)cc2c1CCC2. The Labute approximate surface area is 288 Å². The van der Waals surface area contributed by atoms with Crippen molar-refractivity contribution >= 4 is 18.0 Å². The zero-order valence-electron chi connectivity index (χ0n) is 29.2. The normalized spacial score (nSPS) is 14.1. The van der Waals surface area contributed by atoms with Crippen LogP contribution in [0, 0.1) is 19.8 Å². The predicted molar refractivity (Wildman–Crippen MR) is 183 cm³/mol. The lowest BCUT2D eigenvalue weighted by Crippen LogP contribution is -2.40. The van der Waals surface area contributed by atoms with E-state index in [1.54, 1.807) is 31.1 Å². The van der Waals surface area contributed by atoms with E-state index in [2.05, 4.69) is 5.32 Å². The van der Waals surface area contributed by atoms with Crippen LogP contribution in [0.4, 0.5) is 22.0 Å². The Hall–Kier alpha value is -4.32. The van der Waals surface area contributed by atoms with E-state index in [9.17, 15) is 41.4 Å². The summed E-state index contributed by atoms with van der Waals surface area (Å²) >= 11 is 0. The molecule has 0 saturated heterocycles. The Morgan fingerprint density at radius 3 is 2.26 bits per heavy atom. The second-order valence-electron chi connectivity index (χ2n) is 13.8. The molecule has 2 N–H and O–H groups in total. The highest BCUT2D eigenvalue weighted by molar-refractivity contribution is 5.82. The van der Waals surface area contributed by atoms with Crippen LogP contribution in [0.2, 0.25) is 0 Å². The van der Waals surface area contributed by atoms with Gasteiger partial charge in [0.2, 0.25) is 5.91 Å². The minimum absolute atomic E-state index is 0.0174. The van der Waals surface area contributed by atoms with Gasteiger partial charge in [0.05, 0.1) is 18.0 Å². The van der Waals surface area contributed by atoms with Gasteiger partial charge in [-0.15, -0.1) is 0 Å². The molecule has 7 nitrogen and oxygen atoms in total. The molecule has 0 fully saturated rings. The third-order valence-electron chi connectivity index (χ3n) is 9.07. The second kappa shape index (κ2) is 15.7. The van der Waals surface area contributed by atoms with Gasteiger partial charge in [-0.3, -0.25) is 14.4 Å². The summed E-state index contributed by atoms with van der Waals surface area (Å²) in [6.07, 6.45) is -2.73. The first kappa shape index (κ1) is 38.5. The standard InChI is InChI=1S/C38H44F5N3O4/c1-21(2)12-32(46-20-26(10-11-45(5)6)30(18-34(46)47)38(41,42)43)37(50)44-31(19-35(48)49)27-16-25-8-7-9-28(25)29(17-27)36-22(3)13-24(14-23(36)4)15-33(39)40/h13-18,20-21,31-32H,7-12,19H2,1-6H3,(H,44,50)(H,48,49)/t31?,32-/m1/s1. The highest BCUT2D eigenvalue weighted by Crippen LogP contribution is 2.40. The number of rotatable bonds is 13. The monoisotopic (exact) mass is 701 g/mol. The summed E-state index contributed by atoms with van der Waals surface area (Å²) in [5.74, 6) is -2.03. The van der Waals surface area contributed by atoms with E-state index in [1.165, 1.54) is 0 Å². The van der Waals surface area contributed by atoms with Crippen LogP contribution in [0.5, 0.6) is 0 Å². The van der Waals surface area contributed by atoms with Gasteiger partial charge in [-0.25, -0.2) is 0 Å². The summed E-state index contributed by atoms with van der Waals surface area (Å²) in [7, 11) is 3.43. The Bertz CT molecular complexity index is 1820. The largest absolute Gasteiger partial charge is 0.481 e. The number of carboxylic acids is 1. The topological polar surface area (TPSA) is 91.6 Å². The molecule has 1 unspecified atom stereocenters. The molecule has 0 radical (unpaired) electrons. The molecule has 1 heterocycles. The van der Waals surface area contributed by atoms with Crippen LogP contribution in [0.1, 0.15) is 89.7 Å². The molecular formula is C38H44F5N3O4. The number of halogens is 5. The minimum atomic E-state index is -4.77. The number of nitrogens with zero attached hydrogens (tertiary/aromatic N) is 2. The van der Waals surface area contributed by atoms with Crippen LogP contribution in [0.3, 0.4) is 0 Å². The van der Waals surface area contributed by atoms with Crippen molar-refractivity contribution in [2.45, 2.75) is 84.5 Å². The molecule has 3 aromatic rings. The van der Waals surface area contributed by atoms with Gasteiger partial charge in [0, 0.05) is 24.9 Å². The number of likely N-dealkylation sites (N-methyl/N-ethyl adjacent to an activating group) is 1. The number of carbonyl (C=O) groups is 2. The quantitative estimate of drug-likeness (QED) is 0.177. The van der Waals surface area contributed by atoms with Crippen LogP contribution in [0.15, 0.2) is 47.4 Å². The molecule has 270 valence electrons. The van der Waals surface area contributed by atoms with Crippen molar-refractivity contribution in [2.24, 2.45) is 5.92 Å². The molecule has 0 saturated carbocycles. The molecule has 0 aliphatic heterocycles. The highest BCUT2D eigenvalue weighted by Gasteiger charge is 2.36. The number of benzene rings is 2. The molecule has 1 aromatic heterocycles. The Balaban J connectivity index is 1.81. The number of carbonyl (C=O) groups excluding carboxylic acids is 1. The maximum atomic E-state index is 14.1. The molecule has 2 atom stereocenters. The fourth-order valence-corrected chi connectivity index (χ4v) is 6.92. The van der Waals surface area contributed by atoms with E-state index in [0.29, 0.717) is 17.2 Å². The number of aryl methyl sites for hydroxylation is 3. The van der Waals surface area contributed by atoms with Crippen LogP contribution in [0.25, 0.3) is 17.2 Å². The summed E-state index contributed by atoms with van der Waals surface area (Å²) in [4.78, 5) is 41.3. The zero-order chi connectivity index (χ0) is 37.1. The number of aliphatic carboxylic acids is 1. The number of alkyl halides is 3. The van der Waals surface area contributed by atoms with E-state index >= 15 is 0 Å². The molecule has 4 rings (SSSR count). The third kappa shape index (κ3) is 9.26. The average molecular weight is 702 g/mol. The van der Waals surface area contributed by atoms with Gasteiger partial charge in [0.15, 0.2) is 0 Å². The van der Waals surface area contributed by atoms with E-state index in [-0.39, 0.29) is 30.9 Å². The van der Waals surface area contributed by atoms with Gasteiger partial charge in [0.1, 0.15) is 6.04 Å². The van der Waals surface area contributed by atoms with Gasteiger partial charge >= 0.3 is 12.1 Å². The molecule has 0 spiro atoms. The first-order chi connectivity index (χ1) is 23.3. The number of carboxylic acid groups (broad SMARTS) is 1. The van der Waals surface area contributed by atoms with E-state index < -0.39 is 53.8 Å². The average Bonchev–Trinajstić information content (AvgIpc) is 3.46. The smallest absolute Gasteiger partial charge is 0.416 e. The van der Waals surface area contributed by atoms with Crippen molar-refractivity contribution in [1.29, 1.82) is 0 Å². The van der Waals surface area contributed by atoms with Crippen molar-refractivity contribution < 1.29 is 36.6 Å². The van der Waals surface area contributed by atoms with E-state index in [0.717, 1.165) is 69.5 Å². The number of hydrogen-bond acceptors (Lipinski definition) is 4. The third-order valence-corrected chi connectivity index (χ3v) is 9.07. The van der Waals surface area contributed by atoms with Crippen molar-refractivity contribution in [3.8, 4) is 11.1 Å². The van der Waals surface area contributed by atoms with E-state index in [4.69, 9.17) is 0 Å². The molecule has 12 heteroatoms. The number of pyridine rings is 1. The molecule has 50 heavy (non-hydrogen) atoms. The van der Waals surface area contributed by atoms with Gasteiger partial charge < -0.3 is 19.9 Å². The number of hydrogen-bond donors (Lipinski definition) is 2. The maximum absolute atomic E-state index is 14.1. The molecular weight excluding hydrogens is 657 g/mol. The summed E-state index contributed by atoms with van der Waals surface area (Å²) in [5.41, 5.74) is 3.94. The van der Waals surface area contributed by atoms with Gasteiger partial charge in [0.25, 0.3) is 11.6 Å². The van der Waals surface area contributed by atoms with E-state index in [1.807, 2.05) is 39.8 Å². The summed E-state index contributed by atoms with van der Waals surface area (Å²) < 4.78 is 69.1. The number of aromatic nitrogens is 1. The highest BCUT2D eigenvalue weighted by atomic mass is 19.4. The molecule has 0 bridgehead atoms. The lowest BCUT2D eigenvalue weighted by molar-refractivity contribution is -0.139. The van der Waals surface area contributed by atoms with Crippen molar-refractivity contribution in [2.75, 3.05) is 20.6 Å². The van der Waals surface area contributed by atoms with Gasteiger partial charge in [-0.2, -0.15) is 22.0 Å². The van der Waals surface area contributed by atoms with Crippen molar-refractivity contribution in [3.63, 3.8) is 0 Å². The van der Waals surface area contributed by atoms with Crippen molar-refractivity contribution in [3.05, 3.63) is 97.5 Å². The Kier molecular flexibility index (Phi) is 12.1. The molecule has 1 amide bonds. The maximum Gasteiger partial charge on any atom is 0.416 e. The van der Waals surface area contributed by atoms with Crippen LogP contribution >= 0.6 is 0 Å². The molecule has 1 aliphatic rings. The second-order valence-corrected chi connectivity index (χ2v) is 13.8. The summed E-state index contributed by atoms with van der Waals surface area (Å²) in [5, 5.41) is 12.8. The van der Waals surface area contributed by atoms with Crippen LogP contribution in [-0.2, 0) is 35.0 Å². The first-order valence-corrected chi connectivity index (χ1v) is 16.6. The van der Waals surface area contributed by atoms with Gasteiger partial charge in [-0.05, 0) is 122 Å². The predicted octanol–water partition coefficient (Wildman–Crippen LogP) is 7.90. The Morgan fingerprint density at radius 2 is 1.70 bits per heavy atom. The fourth-order valence-electron chi connectivity index (χ4n) is 6.92. The number of amides is 1. The molecule has 2 aromatic carbocycles. The summed E-state index contributed by atoms with van der Waals surface area (Å²) in [6.45, 7) is 7.56. The molecule has 1 aliphatic carbocycles. The number of nitrogens with one attached hydrogen (secondary N) is 1. The van der Waals surface area contributed by atoms with Crippen LogP contribution in [-0.4, -0.2) is 47.1 Å². The Morgan fingerprint density at radius 1 is 1.04 bits per heavy atom. The number of fused-ring (bicyclic) bond motifs is 1. The lowest BCUT2D eigenvalue weighted by Gasteiger charge is -2.27. The zero-order valence-corrected chi connectivity index (χ0v) is 29.2. The fraction of sp³-hybridized carbons (Fsp3) is 0.447. The van der Waals surface area contributed by atoms with Gasteiger partial charge in [-0.1, -0.05) is 32.0 Å². The minimum Gasteiger partial charge on any atom is -0.481 e. The van der Waals surface area contributed by atoms with Crippen LogP contribution < -0.4 is 10.9 Å². The summed E-state index contributed by atoms with van der Waals surface area (Å²) in [6, 6.07) is 5.31. The first-order valence-electron chi connectivity index (χ1n) is 16.6. The lowest BCUT2D eigenvalue weighted by atomic mass is 9.86. The van der Waals surface area contributed by atoms with Crippen molar-refractivity contribution in [1.82, 2.24) is 14.8 Å².